The van der Waals surface area contributed by atoms with Crippen LogP contribution in [0, 0.1) is 6.92 Å². The van der Waals surface area contributed by atoms with Crippen molar-refractivity contribution in [1.29, 1.82) is 0 Å². The first-order valence-corrected chi connectivity index (χ1v) is 11.1. The molecule has 1 saturated heterocycles. The van der Waals surface area contributed by atoms with Gasteiger partial charge < -0.3 is 10.2 Å². The standard InChI is InChI=1S/C24H24ClN7/c1-17-15-19(25)7-8-20(17)28-23-21-22(27-10-9-26-21)29-24(30-23)32-13-11-31(12-14-32)16-18-5-3-2-4-6-18/h2-10,15H,11-14,16H2,1H3,(H,27,28,29,30). The van der Waals surface area contributed by atoms with E-state index in [1.54, 1.807) is 12.4 Å². The summed E-state index contributed by atoms with van der Waals surface area (Å²) in [5, 5.41) is 4.12. The lowest BCUT2D eigenvalue weighted by Crippen LogP contribution is -2.46. The number of rotatable bonds is 5. The number of halogens is 1. The fourth-order valence-electron chi connectivity index (χ4n) is 3.92. The van der Waals surface area contributed by atoms with E-state index in [-0.39, 0.29) is 0 Å². The summed E-state index contributed by atoms with van der Waals surface area (Å²) >= 11 is 6.12. The third-order valence-electron chi connectivity index (χ3n) is 5.67. The molecule has 0 aliphatic carbocycles. The molecule has 8 heteroatoms. The predicted octanol–water partition coefficient (Wildman–Crippen LogP) is 4.45. The molecule has 1 aliphatic heterocycles. The van der Waals surface area contributed by atoms with Gasteiger partial charge in [-0.25, -0.2) is 9.97 Å². The zero-order valence-electron chi connectivity index (χ0n) is 17.9. The monoisotopic (exact) mass is 445 g/mol. The van der Waals surface area contributed by atoms with Gasteiger partial charge in [-0.05, 0) is 36.2 Å². The molecule has 4 aromatic rings. The number of piperazine rings is 1. The molecule has 1 aliphatic rings. The third-order valence-corrected chi connectivity index (χ3v) is 5.90. The molecule has 0 radical (unpaired) electrons. The van der Waals surface area contributed by atoms with Crippen LogP contribution >= 0.6 is 11.6 Å². The number of hydrogen-bond acceptors (Lipinski definition) is 7. The molecule has 1 fully saturated rings. The van der Waals surface area contributed by atoms with Crippen molar-refractivity contribution in [3.8, 4) is 0 Å². The Morgan fingerprint density at radius 3 is 2.50 bits per heavy atom. The Balaban J connectivity index is 1.38. The number of hydrogen-bond donors (Lipinski definition) is 1. The van der Waals surface area contributed by atoms with Crippen molar-refractivity contribution in [2.45, 2.75) is 13.5 Å². The molecule has 32 heavy (non-hydrogen) atoms. The van der Waals surface area contributed by atoms with Crippen LogP contribution in [0.25, 0.3) is 11.2 Å². The molecule has 0 amide bonds. The number of nitrogens with one attached hydrogen (secondary N) is 1. The minimum atomic E-state index is 0.582. The molecule has 3 heterocycles. The topological polar surface area (TPSA) is 70.1 Å². The van der Waals surface area contributed by atoms with Crippen LogP contribution in [0.4, 0.5) is 17.5 Å². The average molecular weight is 446 g/mol. The van der Waals surface area contributed by atoms with Gasteiger partial charge in [0.1, 0.15) is 0 Å². The zero-order valence-corrected chi connectivity index (χ0v) is 18.6. The second-order valence-corrected chi connectivity index (χ2v) is 8.37. The maximum absolute atomic E-state index is 6.12. The summed E-state index contributed by atoms with van der Waals surface area (Å²) in [5.41, 5.74) is 4.53. The average Bonchev–Trinajstić information content (AvgIpc) is 2.82. The number of anilines is 3. The van der Waals surface area contributed by atoms with Gasteiger partial charge in [-0.15, -0.1) is 0 Å². The Kier molecular flexibility index (Phi) is 5.83. The van der Waals surface area contributed by atoms with Gasteiger partial charge in [0.25, 0.3) is 0 Å². The van der Waals surface area contributed by atoms with E-state index >= 15 is 0 Å². The lowest BCUT2D eigenvalue weighted by molar-refractivity contribution is 0.249. The van der Waals surface area contributed by atoms with Crippen LogP contribution in [0.1, 0.15) is 11.1 Å². The van der Waals surface area contributed by atoms with Gasteiger partial charge in [-0.1, -0.05) is 41.9 Å². The van der Waals surface area contributed by atoms with Crippen LogP contribution in [0.3, 0.4) is 0 Å². The first-order chi connectivity index (χ1) is 15.7. The Morgan fingerprint density at radius 1 is 0.938 bits per heavy atom. The van der Waals surface area contributed by atoms with E-state index in [1.165, 1.54) is 5.56 Å². The molecule has 162 valence electrons. The van der Waals surface area contributed by atoms with E-state index in [9.17, 15) is 0 Å². The smallest absolute Gasteiger partial charge is 0.229 e. The molecule has 0 atom stereocenters. The zero-order chi connectivity index (χ0) is 21.9. The van der Waals surface area contributed by atoms with Crippen molar-refractivity contribution in [3.05, 3.63) is 77.1 Å². The summed E-state index contributed by atoms with van der Waals surface area (Å²) in [6.45, 7) is 6.60. The van der Waals surface area contributed by atoms with Crippen LogP contribution < -0.4 is 10.2 Å². The molecule has 2 aromatic heterocycles. The third kappa shape index (κ3) is 4.49. The molecule has 1 N–H and O–H groups in total. The van der Waals surface area contributed by atoms with Crippen molar-refractivity contribution in [2.24, 2.45) is 0 Å². The van der Waals surface area contributed by atoms with E-state index in [0.717, 1.165) is 44.0 Å². The van der Waals surface area contributed by atoms with Gasteiger partial charge in [0.15, 0.2) is 17.0 Å². The summed E-state index contributed by atoms with van der Waals surface area (Å²) in [4.78, 5) is 23.1. The number of aryl methyl sites for hydroxylation is 1. The summed E-state index contributed by atoms with van der Waals surface area (Å²) in [6, 6.07) is 16.3. The van der Waals surface area contributed by atoms with Crippen molar-refractivity contribution in [1.82, 2.24) is 24.8 Å². The van der Waals surface area contributed by atoms with E-state index in [4.69, 9.17) is 21.6 Å². The molecule has 7 nitrogen and oxygen atoms in total. The lowest BCUT2D eigenvalue weighted by Gasteiger charge is -2.34. The van der Waals surface area contributed by atoms with Gasteiger partial charge in [0, 0.05) is 55.8 Å². The molecule has 5 rings (SSSR count). The molecule has 0 spiro atoms. The quantitative estimate of drug-likeness (QED) is 0.486. The minimum Gasteiger partial charge on any atom is -0.338 e. The fraction of sp³-hybridized carbons (Fsp3) is 0.250. The first-order valence-electron chi connectivity index (χ1n) is 10.7. The predicted molar refractivity (Wildman–Crippen MR) is 129 cm³/mol. The highest BCUT2D eigenvalue weighted by atomic mass is 35.5. The van der Waals surface area contributed by atoms with E-state index < -0.39 is 0 Å². The van der Waals surface area contributed by atoms with E-state index in [0.29, 0.717) is 28.0 Å². The SMILES string of the molecule is Cc1cc(Cl)ccc1Nc1nc(N2CCN(Cc3ccccc3)CC2)nc2nccnc12. The van der Waals surface area contributed by atoms with Crippen LogP contribution in [-0.4, -0.2) is 51.0 Å². The van der Waals surface area contributed by atoms with Gasteiger partial charge in [0.05, 0.1) is 0 Å². The molecule has 0 bridgehead atoms. The second kappa shape index (κ2) is 9.06. The van der Waals surface area contributed by atoms with Crippen LogP contribution in [-0.2, 0) is 6.54 Å². The van der Waals surface area contributed by atoms with Crippen LogP contribution in [0.2, 0.25) is 5.02 Å². The lowest BCUT2D eigenvalue weighted by atomic mass is 10.2. The first kappa shape index (κ1) is 20.6. The fourth-order valence-corrected chi connectivity index (χ4v) is 4.15. The van der Waals surface area contributed by atoms with Gasteiger partial charge in [0.2, 0.25) is 5.95 Å². The molecule has 2 aromatic carbocycles. The highest BCUT2D eigenvalue weighted by molar-refractivity contribution is 6.30. The Bertz CT molecular complexity index is 1220. The number of nitrogens with zero attached hydrogens (tertiary/aromatic N) is 6. The van der Waals surface area contributed by atoms with Crippen molar-refractivity contribution in [3.63, 3.8) is 0 Å². The second-order valence-electron chi connectivity index (χ2n) is 7.93. The number of aromatic nitrogens is 4. The maximum atomic E-state index is 6.12. The van der Waals surface area contributed by atoms with Crippen LogP contribution in [0.5, 0.6) is 0 Å². The highest BCUT2D eigenvalue weighted by Crippen LogP contribution is 2.27. The Labute approximate surface area is 192 Å². The van der Waals surface area contributed by atoms with Crippen molar-refractivity contribution in [2.75, 3.05) is 36.4 Å². The summed E-state index contributed by atoms with van der Waals surface area (Å²) < 4.78 is 0. The summed E-state index contributed by atoms with van der Waals surface area (Å²) in [5.74, 6) is 1.32. The molecule has 0 unspecified atom stereocenters. The molecule has 0 saturated carbocycles. The van der Waals surface area contributed by atoms with E-state index in [1.807, 2.05) is 25.1 Å². The van der Waals surface area contributed by atoms with Gasteiger partial charge in [-0.3, -0.25) is 4.90 Å². The number of fused-ring (bicyclic) bond motifs is 1. The van der Waals surface area contributed by atoms with Crippen LogP contribution in [0.15, 0.2) is 60.9 Å². The summed E-state index contributed by atoms with van der Waals surface area (Å²) in [6.07, 6.45) is 3.32. The Morgan fingerprint density at radius 2 is 1.72 bits per heavy atom. The van der Waals surface area contributed by atoms with Gasteiger partial charge >= 0.3 is 0 Å². The van der Waals surface area contributed by atoms with Gasteiger partial charge in [-0.2, -0.15) is 9.97 Å². The normalized spacial score (nSPS) is 14.6. The van der Waals surface area contributed by atoms with E-state index in [2.05, 4.69) is 55.4 Å². The van der Waals surface area contributed by atoms with Crippen molar-refractivity contribution < 1.29 is 0 Å². The number of benzene rings is 2. The summed E-state index contributed by atoms with van der Waals surface area (Å²) in [7, 11) is 0. The van der Waals surface area contributed by atoms with Crippen molar-refractivity contribution >= 4 is 40.2 Å². The molecular weight excluding hydrogens is 422 g/mol. The molecular formula is C24H24ClN7. The highest BCUT2D eigenvalue weighted by Gasteiger charge is 2.21. The maximum Gasteiger partial charge on any atom is 0.229 e. The minimum absolute atomic E-state index is 0.582. The largest absolute Gasteiger partial charge is 0.338 e. The Hall–Kier alpha value is -3.29.